The molecule has 0 radical (unpaired) electrons. The van der Waals surface area contributed by atoms with Crippen LogP contribution in [0, 0.1) is 23.7 Å². The Morgan fingerprint density at radius 1 is 1.21 bits per heavy atom. The van der Waals surface area contributed by atoms with Crippen molar-refractivity contribution in [3.63, 3.8) is 0 Å². The van der Waals surface area contributed by atoms with E-state index in [2.05, 4.69) is 31.4 Å². The van der Waals surface area contributed by atoms with Gasteiger partial charge >= 0.3 is 0 Å². The summed E-state index contributed by atoms with van der Waals surface area (Å²) < 4.78 is 0. The maximum absolute atomic E-state index is 12.9. The van der Waals surface area contributed by atoms with Crippen LogP contribution in [-0.2, 0) is 4.79 Å². The van der Waals surface area contributed by atoms with Crippen LogP contribution in [0.15, 0.2) is 18.2 Å². The molecule has 0 aromatic heterocycles. The first-order valence-corrected chi connectivity index (χ1v) is 8.68. The Kier molecular flexibility index (Phi) is 4.43. The van der Waals surface area contributed by atoms with Crippen LogP contribution in [0.3, 0.4) is 0 Å². The quantitative estimate of drug-likeness (QED) is 0.837. The van der Waals surface area contributed by atoms with Crippen LogP contribution in [0.1, 0.15) is 60.7 Å². The molecule has 128 valence electrons. The van der Waals surface area contributed by atoms with E-state index in [1.165, 1.54) is 0 Å². The Labute approximate surface area is 142 Å². The smallest absolute Gasteiger partial charge is 0.261 e. The van der Waals surface area contributed by atoms with Gasteiger partial charge in [0.05, 0.1) is 16.8 Å². The zero-order valence-corrected chi connectivity index (χ0v) is 14.4. The molecule has 0 bridgehead atoms. The number of carbonyl (C=O) groups excluding carboxylic acids is 3. The molecule has 5 nitrogen and oxygen atoms in total. The predicted octanol–water partition coefficient (Wildman–Crippen LogP) is 3.22. The summed E-state index contributed by atoms with van der Waals surface area (Å²) >= 11 is 0. The van der Waals surface area contributed by atoms with Crippen LogP contribution in [-0.4, -0.2) is 17.7 Å². The van der Waals surface area contributed by atoms with Gasteiger partial charge in [0.15, 0.2) is 0 Å². The second-order valence-corrected chi connectivity index (χ2v) is 7.43. The fourth-order valence-electron chi connectivity index (χ4n) is 4.05. The maximum atomic E-state index is 12.9. The van der Waals surface area contributed by atoms with Crippen LogP contribution in [0.25, 0.3) is 0 Å². The number of hydrogen-bond acceptors (Lipinski definition) is 3. The van der Waals surface area contributed by atoms with Crippen LogP contribution >= 0.6 is 0 Å². The topological polar surface area (TPSA) is 75.3 Å². The third-order valence-corrected chi connectivity index (χ3v) is 5.38. The van der Waals surface area contributed by atoms with Crippen molar-refractivity contribution >= 4 is 23.4 Å². The minimum atomic E-state index is -0.441. The minimum Gasteiger partial charge on any atom is -0.325 e. The molecule has 24 heavy (non-hydrogen) atoms. The Morgan fingerprint density at radius 2 is 1.96 bits per heavy atom. The third-order valence-electron chi connectivity index (χ3n) is 5.38. The van der Waals surface area contributed by atoms with Crippen molar-refractivity contribution in [3.05, 3.63) is 29.3 Å². The van der Waals surface area contributed by atoms with E-state index in [9.17, 15) is 14.4 Å². The first-order chi connectivity index (χ1) is 11.4. The lowest BCUT2D eigenvalue weighted by Crippen LogP contribution is -2.36. The van der Waals surface area contributed by atoms with Crippen LogP contribution < -0.4 is 10.6 Å². The van der Waals surface area contributed by atoms with Gasteiger partial charge in [0.1, 0.15) is 0 Å². The number of fused-ring (bicyclic) bond motifs is 1. The summed E-state index contributed by atoms with van der Waals surface area (Å²) in [6, 6.07) is 4.98. The zero-order chi connectivity index (χ0) is 17.4. The zero-order valence-electron chi connectivity index (χ0n) is 14.4. The summed E-state index contributed by atoms with van der Waals surface area (Å²) in [6.07, 6.45) is 3.09. The standard InChI is InChI=1S/C19H24N2O3/c1-10(2)12-8-7-11(3)9-14(12)18(23)20-15-6-4-5-13-16(15)19(24)21-17(13)22/h4-6,10-12,14H,7-9H2,1-3H3,(H,20,23)(H,21,22,24)/t11-,12+,14?/m1/s1. The molecule has 2 N–H and O–H groups in total. The van der Waals surface area contributed by atoms with Crippen molar-refractivity contribution in [2.24, 2.45) is 23.7 Å². The van der Waals surface area contributed by atoms with E-state index < -0.39 is 11.8 Å². The molecule has 1 unspecified atom stereocenters. The normalized spacial score (nSPS) is 26.2. The fourth-order valence-corrected chi connectivity index (χ4v) is 4.05. The van der Waals surface area contributed by atoms with Gasteiger partial charge in [0.25, 0.3) is 11.8 Å². The number of nitrogens with one attached hydrogen (secondary N) is 2. The Balaban J connectivity index is 1.85. The molecular weight excluding hydrogens is 304 g/mol. The molecule has 1 aliphatic heterocycles. The second-order valence-electron chi connectivity index (χ2n) is 7.43. The highest BCUT2D eigenvalue weighted by molar-refractivity contribution is 6.24. The number of hydrogen-bond donors (Lipinski definition) is 2. The molecule has 0 spiro atoms. The van der Waals surface area contributed by atoms with E-state index in [0.717, 1.165) is 19.3 Å². The van der Waals surface area contributed by atoms with Crippen molar-refractivity contribution in [1.29, 1.82) is 0 Å². The Morgan fingerprint density at radius 3 is 2.67 bits per heavy atom. The van der Waals surface area contributed by atoms with Gasteiger partial charge in [0.2, 0.25) is 5.91 Å². The molecule has 1 saturated carbocycles. The van der Waals surface area contributed by atoms with Crippen molar-refractivity contribution < 1.29 is 14.4 Å². The SMILES string of the molecule is CC(C)[C@@H]1CC[C@@H](C)CC1C(=O)Nc1cccc2c1C(=O)NC2=O. The fraction of sp³-hybridized carbons (Fsp3) is 0.526. The largest absolute Gasteiger partial charge is 0.325 e. The molecule has 1 aromatic rings. The summed E-state index contributed by atoms with van der Waals surface area (Å²) in [6.45, 7) is 6.50. The van der Waals surface area contributed by atoms with Crippen molar-refractivity contribution in [3.8, 4) is 0 Å². The van der Waals surface area contributed by atoms with E-state index >= 15 is 0 Å². The molecule has 2 aliphatic rings. The molecule has 1 aromatic carbocycles. The van der Waals surface area contributed by atoms with E-state index in [4.69, 9.17) is 0 Å². The van der Waals surface area contributed by atoms with E-state index in [-0.39, 0.29) is 17.4 Å². The molecule has 5 heteroatoms. The summed E-state index contributed by atoms with van der Waals surface area (Å²) in [4.78, 5) is 36.6. The average Bonchev–Trinajstić information content (AvgIpc) is 2.82. The van der Waals surface area contributed by atoms with Crippen molar-refractivity contribution in [2.75, 3.05) is 5.32 Å². The van der Waals surface area contributed by atoms with E-state index in [0.29, 0.717) is 29.0 Å². The number of amides is 3. The first-order valence-electron chi connectivity index (χ1n) is 8.68. The predicted molar refractivity (Wildman–Crippen MR) is 91.7 cm³/mol. The van der Waals surface area contributed by atoms with Crippen molar-refractivity contribution in [2.45, 2.75) is 40.0 Å². The summed E-state index contributed by atoms with van der Waals surface area (Å²) in [5, 5.41) is 5.20. The number of rotatable bonds is 3. The lowest BCUT2D eigenvalue weighted by atomic mass is 9.70. The summed E-state index contributed by atoms with van der Waals surface area (Å²) in [7, 11) is 0. The monoisotopic (exact) mass is 328 g/mol. The van der Waals surface area contributed by atoms with Gasteiger partial charge in [-0.25, -0.2) is 0 Å². The lowest BCUT2D eigenvalue weighted by Gasteiger charge is -2.36. The molecule has 3 atom stereocenters. The highest BCUT2D eigenvalue weighted by atomic mass is 16.2. The molecule has 0 saturated heterocycles. The van der Waals surface area contributed by atoms with Crippen LogP contribution in [0.5, 0.6) is 0 Å². The molecule has 1 aliphatic carbocycles. The number of imide groups is 1. The van der Waals surface area contributed by atoms with Gasteiger partial charge in [-0.05, 0) is 42.7 Å². The van der Waals surface area contributed by atoms with Gasteiger partial charge in [-0.15, -0.1) is 0 Å². The molecular formula is C19H24N2O3. The molecule has 3 amide bonds. The summed E-state index contributed by atoms with van der Waals surface area (Å²) in [5.74, 6) is 0.390. The Bertz CT molecular complexity index is 696. The lowest BCUT2D eigenvalue weighted by molar-refractivity contribution is -0.124. The van der Waals surface area contributed by atoms with Gasteiger partial charge in [-0.1, -0.05) is 33.3 Å². The van der Waals surface area contributed by atoms with Crippen LogP contribution in [0.2, 0.25) is 0 Å². The van der Waals surface area contributed by atoms with Gasteiger partial charge < -0.3 is 5.32 Å². The number of benzene rings is 1. The molecule has 3 rings (SSSR count). The van der Waals surface area contributed by atoms with Gasteiger partial charge in [0, 0.05) is 5.92 Å². The second kappa shape index (κ2) is 6.38. The molecule has 1 fully saturated rings. The van der Waals surface area contributed by atoms with E-state index in [1.54, 1.807) is 18.2 Å². The number of anilines is 1. The molecule has 1 heterocycles. The minimum absolute atomic E-state index is 0.0409. The van der Waals surface area contributed by atoms with Crippen molar-refractivity contribution in [1.82, 2.24) is 5.32 Å². The highest BCUT2D eigenvalue weighted by Gasteiger charge is 2.36. The van der Waals surface area contributed by atoms with Crippen LogP contribution in [0.4, 0.5) is 5.69 Å². The highest BCUT2D eigenvalue weighted by Crippen LogP contribution is 2.39. The van der Waals surface area contributed by atoms with E-state index in [1.807, 2.05) is 0 Å². The average molecular weight is 328 g/mol. The third kappa shape index (κ3) is 2.95. The number of carbonyl (C=O) groups is 3. The first kappa shape index (κ1) is 16.7. The maximum Gasteiger partial charge on any atom is 0.261 e. The van der Waals surface area contributed by atoms with Gasteiger partial charge in [-0.3, -0.25) is 19.7 Å². The Hall–Kier alpha value is -2.17. The van der Waals surface area contributed by atoms with Gasteiger partial charge in [-0.2, -0.15) is 0 Å². The summed E-state index contributed by atoms with van der Waals surface area (Å²) in [5.41, 5.74) is 1.04.